The molecule has 2 rings (SSSR count). The lowest BCUT2D eigenvalue weighted by Gasteiger charge is -2.11. The molecule has 0 spiro atoms. The third-order valence-electron chi connectivity index (χ3n) is 2.76. The Morgan fingerprint density at radius 2 is 1.95 bits per heavy atom. The van der Waals surface area contributed by atoms with Crippen LogP contribution in [0.1, 0.15) is 15.9 Å². The molecule has 0 bridgehead atoms. The van der Waals surface area contributed by atoms with Crippen LogP contribution in [-0.4, -0.2) is 5.91 Å². The Labute approximate surface area is 125 Å². The van der Waals surface area contributed by atoms with Crippen LogP contribution in [0.2, 0.25) is 10.0 Å². The molecule has 0 aliphatic heterocycles. The second-order valence-corrected chi connectivity index (χ2v) is 5.03. The van der Waals surface area contributed by atoms with E-state index >= 15 is 0 Å². The highest BCUT2D eigenvalue weighted by Gasteiger charge is 2.16. The van der Waals surface area contributed by atoms with Crippen molar-refractivity contribution in [1.82, 2.24) is 0 Å². The van der Waals surface area contributed by atoms with Gasteiger partial charge in [-0.25, -0.2) is 4.39 Å². The van der Waals surface area contributed by atoms with Crippen molar-refractivity contribution in [2.45, 2.75) is 6.92 Å². The zero-order valence-corrected chi connectivity index (χ0v) is 12.0. The molecule has 0 aliphatic carbocycles. The maximum absolute atomic E-state index is 13.6. The van der Waals surface area contributed by atoms with E-state index in [0.29, 0.717) is 5.02 Å². The fourth-order valence-corrected chi connectivity index (χ4v) is 2.13. The maximum atomic E-state index is 13.6. The summed E-state index contributed by atoms with van der Waals surface area (Å²) < 4.78 is 13.6. The predicted molar refractivity (Wildman–Crippen MR) is 80.0 cm³/mol. The zero-order valence-electron chi connectivity index (χ0n) is 10.5. The average Bonchev–Trinajstić information content (AvgIpc) is 2.41. The molecule has 3 N–H and O–H groups in total. The first kappa shape index (κ1) is 14.6. The highest BCUT2D eigenvalue weighted by Crippen LogP contribution is 2.33. The molecule has 1 amide bonds. The number of hydrogen-bond donors (Lipinski definition) is 2. The number of nitrogens with two attached hydrogens (primary N) is 1. The second-order valence-electron chi connectivity index (χ2n) is 4.25. The van der Waals surface area contributed by atoms with E-state index < -0.39 is 11.7 Å². The van der Waals surface area contributed by atoms with Crippen molar-refractivity contribution in [3.63, 3.8) is 0 Å². The number of rotatable bonds is 2. The monoisotopic (exact) mass is 312 g/mol. The Morgan fingerprint density at radius 3 is 2.65 bits per heavy atom. The number of nitrogen functional groups attached to an aromatic ring is 1. The molecule has 0 aromatic heterocycles. The van der Waals surface area contributed by atoms with Gasteiger partial charge in [0.15, 0.2) is 0 Å². The van der Waals surface area contributed by atoms with Crippen LogP contribution in [-0.2, 0) is 0 Å². The Balaban J connectivity index is 2.38. The second kappa shape index (κ2) is 5.69. The lowest BCUT2D eigenvalue weighted by atomic mass is 10.1. The minimum atomic E-state index is -0.670. The Kier molecular flexibility index (Phi) is 4.16. The zero-order chi connectivity index (χ0) is 14.9. The molecule has 0 saturated carbocycles. The number of anilines is 2. The van der Waals surface area contributed by atoms with Crippen LogP contribution in [0.5, 0.6) is 0 Å². The van der Waals surface area contributed by atoms with Crippen LogP contribution in [0.25, 0.3) is 0 Å². The van der Waals surface area contributed by atoms with E-state index in [9.17, 15) is 9.18 Å². The van der Waals surface area contributed by atoms with Crippen molar-refractivity contribution in [3.05, 3.63) is 57.3 Å². The molecule has 2 aromatic rings. The average molecular weight is 313 g/mol. The number of halogens is 3. The van der Waals surface area contributed by atoms with Gasteiger partial charge >= 0.3 is 0 Å². The number of carbonyl (C=O) groups is 1. The van der Waals surface area contributed by atoms with E-state index in [1.165, 1.54) is 12.1 Å². The van der Waals surface area contributed by atoms with Gasteiger partial charge in [0.25, 0.3) is 5.91 Å². The minimum absolute atomic E-state index is 0.168. The van der Waals surface area contributed by atoms with Crippen molar-refractivity contribution < 1.29 is 9.18 Å². The first-order valence-corrected chi connectivity index (χ1v) is 6.46. The summed E-state index contributed by atoms with van der Waals surface area (Å²) in [5, 5.41) is 3.10. The lowest BCUT2D eigenvalue weighted by molar-refractivity contribution is 0.102. The Morgan fingerprint density at radius 1 is 1.25 bits per heavy atom. The first-order valence-electron chi connectivity index (χ1n) is 5.71. The van der Waals surface area contributed by atoms with E-state index in [0.717, 1.165) is 11.6 Å². The van der Waals surface area contributed by atoms with Crippen molar-refractivity contribution in [2.24, 2.45) is 0 Å². The van der Waals surface area contributed by atoms with Gasteiger partial charge in [-0.2, -0.15) is 0 Å². The molecule has 0 radical (unpaired) electrons. The summed E-state index contributed by atoms with van der Waals surface area (Å²) in [6.07, 6.45) is 0. The third kappa shape index (κ3) is 2.86. The van der Waals surface area contributed by atoms with E-state index in [4.69, 9.17) is 28.9 Å². The largest absolute Gasteiger partial charge is 0.399 e. The topological polar surface area (TPSA) is 55.1 Å². The lowest BCUT2D eigenvalue weighted by Crippen LogP contribution is -2.15. The normalized spacial score (nSPS) is 10.4. The summed E-state index contributed by atoms with van der Waals surface area (Å²) in [5.74, 6) is -1.33. The highest BCUT2D eigenvalue weighted by molar-refractivity contribution is 6.40. The van der Waals surface area contributed by atoms with Gasteiger partial charge in [0.05, 0.1) is 21.3 Å². The van der Waals surface area contributed by atoms with E-state index in [-0.39, 0.29) is 22.0 Å². The van der Waals surface area contributed by atoms with Crippen molar-refractivity contribution in [3.8, 4) is 0 Å². The summed E-state index contributed by atoms with van der Waals surface area (Å²) in [7, 11) is 0. The van der Waals surface area contributed by atoms with Gasteiger partial charge in [-0.15, -0.1) is 0 Å². The molecule has 0 saturated heterocycles. The fourth-order valence-electron chi connectivity index (χ4n) is 1.67. The smallest absolute Gasteiger partial charge is 0.258 e. The van der Waals surface area contributed by atoms with Gasteiger partial charge < -0.3 is 11.1 Å². The molecule has 104 valence electrons. The van der Waals surface area contributed by atoms with Crippen molar-refractivity contribution in [2.75, 3.05) is 11.1 Å². The van der Waals surface area contributed by atoms with Crippen LogP contribution in [0.4, 0.5) is 15.8 Å². The summed E-state index contributed by atoms with van der Waals surface area (Å²) >= 11 is 12.1. The van der Waals surface area contributed by atoms with Gasteiger partial charge in [0.1, 0.15) is 5.82 Å². The maximum Gasteiger partial charge on any atom is 0.258 e. The molecule has 0 aliphatic rings. The molecule has 0 unspecified atom stereocenters. The standard InChI is InChI=1S/C14H11Cl2FN2O/c1-7-2-4-10(15)13(12(7)16)19-14(20)9-6-8(18)3-5-11(9)17/h2-6H,18H2,1H3,(H,19,20). The summed E-state index contributed by atoms with van der Waals surface area (Å²) in [6.45, 7) is 1.77. The van der Waals surface area contributed by atoms with E-state index in [1.54, 1.807) is 19.1 Å². The summed E-state index contributed by atoms with van der Waals surface area (Å²) in [4.78, 5) is 12.1. The van der Waals surface area contributed by atoms with Crippen LogP contribution >= 0.6 is 23.2 Å². The van der Waals surface area contributed by atoms with Gasteiger partial charge in [0, 0.05) is 5.69 Å². The quantitative estimate of drug-likeness (QED) is 0.813. The molecule has 2 aromatic carbocycles. The molecule has 0 heterocycles. The molecule has 3 nitrogen and oxygen atoms in total. The molecular weight excluding hydrogens is 302 g/mol. The fraction of sp³-hybridized carbons (Fsp3) is 0.0714. The van der Waals surface area contributed by atoms with Crippen LogP contribution in [0.15, 0.2) is 30.3 Å². The van der Waals surface area contributed by atoms with Crippen LogP contribution < -0.4 is 11.1 Å². The number of carbonyl (C=O) groups excluding carboxylic acids is 1. The number of hydrogen-bond acceptors (Lipinski definition) is 2. The summed E-state index contributed by atoms with van der Waals surface area (Å²) in [5.41, 5.74) is 6.67. The molecule has 0 atom stereocenters. The molecule has 6 heteroatoms. The SMILES string of the molecule is Cc1ccc(Cl)c(NC(=O)c2cc(N)ccc2F)c1Cl. The molecular formula is C14H11Cl2FN2O. The van der Waals surface area contributed by atoms with E-state index in [2.05, 4.69) is 5.32 Å². The predicted octanol–water partition coefficient (Wildman–Crippen LogP) is 4.28. The summed E-state index contributed by atoms with van der Waals surface area (Å²) in [6, 6.07) is 7.08. The number of amides is 1. The van der Waals surface area contributed by atoms with Crippen molar-refractivity contribution >= 4 is 40.5 Å². The molecule has 0 fully saturated rings. The highest BCUT2D eigenvalue weighted by atomic mass is 35.5. The number of aryl methyl sites for hydroxylation is 1. The number of benzene rings is 2. The van der Waals surface area contributed by atoms with Gasteiger partial charge in [-0.1, -0.05) is 29.3 Å². The number of nitrogens with one attached hydrogen (secondary N) is 1. The van der Waals surface area contributed by atoms with Gasteiger partial charge in [-0.05, 0) is 36.8 Å². The third-order valence-corrected chi connectivity index (χ3v) is 3.56. The Hall–Kier alpha value is -1.78. The molecule has 20 heavy (non-hydrogen) atoms. The Bertz CT molecular complexity index is 689. The van der Waals surface area contributed by atoms with Crippen LogP contribution in [0, 0.1) is 12.7 Å². The first-order chi connectivity index (χ1) is 9.40. The van der Waals surface area contributed by atoms with E-state index in [1.807, 2.05) is 0 Å². The van der Waals surface area contributed by atoms with Crippen molar-refractivity contribution in [1.29, 1.82) is 0 Å². The van der Waals surface area contributed by atoms with Gasteiger partial charge in [-0.3, -0.25) is 4.79 Å². The minimum Gasteiger partial charge on any atom is -0.399 e. The van der Waals surface area contributed by atoms with Crippen LogP contribution in [0.3, 0.4) is 0 Å². The van der Waals surface area contributed by atoms with Gasteiger partial charge in [0.2, 0.25) is 0 Å².